The molecule has 4 rings (SSSR count). The molecule has 8 heteroatoms. The van der Waals surface area contributed by atoms with Crippen LogP contribution in [0, 0.1) is 0 Å². The van der Waals surface area contributed by atoms with Gasteiger partial charge < -0.3 is 14.6 Å². The van der Waals surface area contributed by atoms with Crippen LogP contribution in [0.15, 0.2) is 41.6 Å². The number of fused-ring (bicyclic) bond motifs is 1. The summed E-state index contributed by atoms with van der Waals surface area (Å²) in [5.74, 6) is 0.549. The van der Waals surface area contributed by atoms with Crippen molar-refractivity contribution in [2.24, 2.45) is 0 Å². The Hall–Kier alpha value is -3.16. The summed E-state index contributed by atoms with van der Waals surface area (Å²) in [6.45, 7) is 0.619. The average molecular weight is 339 g/mol. The zero-order valence-electron chi connectivity index (χ0n) is 13.7. The first kappa shape index (κ1) is 15.4. The number of H-pyrrole nitrogens is 1. The molecule has 4 heterocycles. The minimum absolute atomic E-state index is 0.0907. The van der Waals surface area contributed by atoms with Crippen LogP contribution in [0.25, 0.3) is 5.52 Å². The van der Waals surface area contributed by atoms with Crippen LogP contribution in [0.3, 0.4) is 0 Å². The third kappa shape index (κ3) is 2.55. The van der Waals surface area contributed by atoms with Crippen LogP contribution in [0.5, 0.6) is 5.75 Å². The molecule has 1 unspecified atom stereocenters. The van der Waals surface area contributed by atoms with Crippen LogP contribution in [0.4, 0.5) is 0 Å². The summed E-state index contributed by atoms with van der Waals surface area (Å²) in [6.07, 6.45) is 6.47. The molecule has 3 aromatic rings. The molecule has 8 nitrogen and oxygen atoms in total. The first-order chi connectivity index (χ1) is 12.2. The normalized spacial score (nSPS) is 17.2. The van der Waals surface area contributed by atoms with Gasteiger partial charge in [-0.3, -0.25) is 9.59 Å². The van der Waals surface area contributed by atoms with Crippen molar-refractivity contribution >= 4 is 11.4 Å². The molecule has 0 saturated carbocycles. The summed E-state index contributed by atoms with van der Waals surface area (Å²) in [5, 5.41) is 4.17. The Bertz CT molecular complexity index is 993. The van der Waals surface area contributed by atoms with Crippen LogP contribution >= 0.6 is 0 Å². The molecule has 3 aromatic heterocycles. The zero-order valence-corrected chi connectivity index (χ0v) is 13.7. The number of amides is 1. The van der Waals surface area contributed by atoms with E-state index in [1.807, 2.05) is 6.07 Å². The number of ether oxygens (including phenoxy) is 1. The predicted molar refractivity (Wildman–Crippen MR) is 89.6 cm³/mol. The highest BCUT2D eigenvalue weighted by Gasteiger charge is 2.33. The predicted octanol–water partition coefficient (Wildman–Crippen LogP) is 1.40. The maximum absolute atomic E-state index is 13.1. The largest absolute Gasteiger partial charge is 0.490 e. The van der Waals surface area contributed by atoms with Gasteiger partial charge in [0.25, 0.3) is 11.5 Å². The van der Waals surface area contributed by atoms with E-state index in [9.17, 15) is 9.59 Å². The molecule has 0 spiro atoms. The lowest BCUT2D eigenvalue weighted by Crippen LogP contribution is -2.32. The minimum atomic E-state index is -0.343. The van der Waals surface area contributed by atoms with Crippen molar-refractivity contribution in [3.63, 3.8) is 0 Å². The second kappa shape index (κ2) is 6.04. The quantitative estimate of drug-likeness (QED) is 0.779. The molecule has 1 atom stereocenters. The first-order valence-electron chi connectivity index (χ1n) is 8.05. The second-order valence-corrected chi connectivity index (χ2v) is 5.91. The summed E-state index contributed by atoms with van der Waals surface area (Å²) in [7, 11) is 1.42. The molecule has 0 bridgehead atoms. The Kier molecular flexibility index (Phi) is 3.72. The topological polar surface area (TPSA) is 92.6 Å². The number of aromatic amines is 1. The van der Waals surface area contributed by atoms with Crippen molar-refractivity contribution in [3.8, 4) is 5.75 Å². The van der Waals surface area contributed by atoms with Gasteiger partial charge in [0.1, 0.15) is 5.82 Å². The van der Waals surface area contributed by atoms with Gasteiger partial charge in [-0.1, -0.05) is 0 Å². The summed E-state index contributed by atoms with van der Waals surface area (Å²) >= 11 is 0. The van der Waals surface area contributed by atoms with E-state index in [1.54, 1.807) is 33.9 Å². The lowest BCUT2D eigenvalue weighted by atomic mass is 10.1. The maximum Gasteiger partial charge on any atom is 0.293 e. The molecule has 0 radical (unpaired) electrons. The molecule has 1 N–H and O–H groups in total. The maximum atomic E-state index is 13.1. The van der Waals surface area contributed by atoms with Gasteiger partial charge in [-0.15, -0.1) is 0 Å². The van der Waals surface area contributed by atoms with Gasteiger partial charge in [-0.05, 0) is 31.0 Å². The number of aromatic nitrogens is 4. The third-order valence-corrected chi connectivity index (χ3v) is 4.50. The highest BCUT2D eigenvalue weighted by atomic mass is 16.5. The van der Waals surface area contributed by atoms with Gasteiger partial charge >= 0.3 is 0 Å². The summed E-state index contributed by atoms with van der Waals surface area (Å²) < 4.78 is 6.62. The monoisotopic (exact) mass is 339 g/mol. The van der Waals surface area contributed by atoms with Gasteiger partial charge in [-0.25, -0.2) is 9.50 Å². The number of methoxy groups -OCH3 is 1. The Labute approximate surface area is 143 Å². The Morgan fingerprint density at radius 2 is 2.28 bits per heavy atom. The molecular weight excluding hydrogens is 322 g/mol. The molecule has 0 aromatic carbocycles. The van der Waals surface area contributed by atoms with E-state index >= 15 is 0 Å². The molecule has 0 aliphatic carbocycles. The number of pyridine rings is 1. The van der Waals surface area contributed by atoms with Gasteiger partial charge in [-0.2, -0.15) is 5.10 Å². The van der Waals surface area contributed by atoms with E-state index in [-0.39, 0.29) is 23.3 Å². The van der Waals surface area contributed by atoms with Crippen molar-refractivity contribution in [3.05, 3.63) is 58.5 Å². The fraction of sp³-hybridized carbons (Fsp3) is 0.294. The number of rotatable bonds is 3. The van der Waals surface area contributed by atoms with Crippen LogP contribution in [-0.4, -0.2) is 44.0 Å². The molecule has 1 aliphatic rings. The molecule has 1 fully saturated rings. The van der Waals surface area contributed by atoms with E-state index in [2.05, 4.69) is 15.1 Å². The lowest BCUT2D eigenvalue weighted by molar-refractivity contribution is 0.0731. The minimum Gasteiger partial charge on any atom is -0.490 e. The molecular formula is C17H17N5O3. The van der Waals surface area contributed by atoms with Gasteiger partial charge in [0.15, 0.2) is 0 Å². The second-order valence-electron chi connectivity index (χ2n) is 5.91. The SMILES string of the molecule is COc1cnc(C2CCCN2C(=O)c2cccn3nccc23)[nH]c1=O. The van der Waals surface area contributed by atoms with E-state index in [0.717, 1.165) is 18.4 Å². The van der Waals surface area contributed by atoms with E-state index in [0.29, 0.717) is 17.9 Å². The van der Waals surface area contributed by atoms with Crippen molar-refractivity contribution in [2.45, 2.75) is 18.9 Å². The molecule has 128 valence electrons. The van der Waals surface area contributed by atoms with Crippen molar-refractivity contribution < 1.29 is 9.53 Å². The van der Waals surface area contributed by atoms with E-state index in [4.69, 9.17) is 4.74 Å². The number of likely N-dealkylation sites (tertiary alicyclic amines) is 1. The number of nitrogens with zero attached hydrogens (tertiary/aromatic N) is 4. The summed E-state index contributed by atoms with van der Waals surface area (Å²) in [5.41, 5.74) is 1.00. The smallest absolute Gasteiger partial charge is 0.293 e. The molecule has 25 heavy (non-hydrogen) atoms. The van der Waals surface area contributed by atoms with E-state index < -0.39 is 0 Å². The lowest BCUT2D eigenvalue weighted by Gasteiger charge is -2.24. The molecule has 1 saturated heterocycles. The Morgan fingerprint density at radius 3 is 3.08 bits per heavy atom. The van der Waals surface area contributed by atoms with Gasteiger partial charge in [0, 0.05) is 12.7 Å². The fourth-order valence-electron chi connectivity index (χ4n) is 3.29. The van der Waals surface area contributed by atoms with Crippen molar-refractivity contribution in [2.75, 3.05) is 13.7 Å². The number of hydrogen-bond acceptors (Lipinski definition) is 5. The van der Waals surface area contributed by atoms with E-state index in [1.165, 1.54) is 13.3 Å². The van der Waals surface area contributed by atoms with Crippen molar-refractivity contribution in [1.82, 2.24) is 24.5 Å². The number of nitrogens with one attached hydrogen (secondary N) is 1. The molecule has 1 aliphatic heterocycles. The number of carbonyl (C=O) groups excluding carboxylic acids is 1. The van der Waals surface area contributed by atoms with Crippen LogP contribution in [-0.2, 0) is 0 Å². The van der Waals surface area contributed by atoms with Crippen LogP contribution in [0.1, 0.15) is 35.1 Å². The Morgan fingerprint density at radius 1 is 1.40 bits per heavy atom. The van der Waals surface area contributed by atoms with Crippen LogP contribution in [0.2, 0.25) is 0 Å². The molecule has 1 amide bonds. The fourth-order valence-corrected chi connectivity index (χ4v) is 3.29. The third-order valence-electron chi connectivity index (χ3n) is 4.50. The number of hydrogen-bond donors (Lipinski definition) is 1. The zero-order chi connectivity index (χ0) is 17.4. The summed E-state index contributed by atoms with van der Waals surface area (Å²) in [4.78, 5) is 33.8. The highest BCUT2D eigenvalue weighted by Crippen LogP contribution is 2.31. The Balaban J connectivity index is 1.70. The standard InChI is InChI=1S/C17H17N5O3/c1-25-14-10-18-15(20-16(14)23)13-5-3-8-21(13)17(24)11-4-2-9-22-12(11)6-7-19-22/h2,4,6-7,9-10,13H,3,5,8H2,1H3,(H,18,20,23). The highest BCUT2D eigenvalue weighted by molar-refractivity contribution is 6.01. The first-order valence-corrected chi connectivity index (χ1v) is 8.05. The summed E-state index contributed by atoms with van der Waals surface area (Å²) in [6, 6.07) is 5.14. The van der Waals surface area contributed by atoms with Gasteiger partial charge in [0.2, 0.25) is 5.75 Å². The van der Waals surface area contributed by atoms with Crippen molar-refractivity contribution in [1.29, 1.82) is 0 Å². The van der Waals surface area contributed by atoms with Crippen LogP contribution < -0.4 is 10.3 Å². The average Bonchev–Trinajstić information content (AvgIpc) is 3.29. The number of carbonyl (C=O) groups is 1. The van der Waals surface area contributed by atoms with Gasteiger partial charge in [0.05, 0.1) is 36.6 Å².